The summed E-state index contributed by atoms with van der Waals surface area (Å²) >= 11 is 0. The lowest BCUT2D eigenvalue weighted by molar-refractivity contribution is 0.102. The molecule has 2 aromatic carbocycles. The first kappa shape index (κ1) is 22.8. The fourth-order valence-electron chi connectivity index (χ4n) is 3.10. The lowest BCUT2D eigenvalue weighted by atomic mass is 10.2. The van der Waals surface area contributed by atoms with Crippen LogP contribution in [0.5, 0.6) is 0 Å². The molecule has 34 heavy (non-hydrogen) atoms. The number of hydrogen-bond acceptors (Lipinski definition) is 8. The highest BCUT2D eigenvalue weighted by molar-refractivity contribution is 7.92. The molecule has 4 aromatic rings. The summed E-state index contributed by atoms with van der Waals surface area (Å²) in [5, 5.41) is 5.86. The molecule has 2 aromatic heterocycles. The Labute approximate surface area is 196 Å². The molecule has 4 rings (SSSR count). The first-order chi connectivity index (χ1) is 16.3. The highest BCUT2D eigenvalue weighted by atomic mass is 32.2. The van der Waals surface area contributed by atoms with Crippen LogP contribution in [0.2, 0.25) is 0 Å². The zero-order chi connectivity index (χ0) is 24.1. The number of benzene rings is 2. The zero-order valence-electron chi connectivity index (χ0n) is 18.4. The van der Waals surface area contributed by atoms with Crippen molar-refractivity contribution >= 4 is 39.2 Å². The third-order valence-corrected chi connectivity index (χ3v) is 5.92. The van der Waals surface area contributed by atoms with E-state index < -0.39 is 10.0 Å². The number of hydrogen-bond donors (Lipinski definition) is 3. The summed E-state index contributed by atoms with van der Waals surface area (Å²) in [6.45, 7) is 3.76. The molecule has 0 aliphatic heterocycles. The van der Waals surface area contributed by atoms with Gasteiger partial charge in [0.05, 0.1) is 4.90 Å². The van der Waals surface area contributed by atoms with Gasteiger partial charge in [-0.1, -0.05) is 6.07 Å². The van der Waals surface area contributed by atoms with Crippen LogP contribution in [0, 0.1) is 13.8 Å². The summed E-state index contributed by atoms with van der Waals surface area (Å²) in [5.74, 6) is 0.0670. The number of nitrogens with one attached hydrogen (secondary N) is 3. The van der Waals surface area contributed by atoms with Crippen LogP contribution in [0.3, 0.4) is 0 Å². The third-order valence-electron chi connectivity index (χ3n) is 4.58. The summed E-state index contributed by atoms with van der Waals surface area (Å²) < 4.78 is 27.3. The Kier molecular flexibility index (Phi) is 6.46. The number of sulfonamides is 1. The standard InChI is InChI=1S/C23H21N7O3S/c1-15-13-16(2)27-23(26-15)29-19-6-3-5-17(14-19)21(31)28-18-7-9-20(10-8-18)34(32,33)30-22-24-11-4-12-25-22/h3-14H,1-2H3,(H,28,31)(H,24,25,30)(H,26,27,29). The minimum absolute atomic E-state index is 0.0117. The number of rotatable bonds is 7. The number of carbonyl (C=O) groups is 1. The van der Waals surface area contributed by atoms with Crippen LogP contribution in [-0.4, -0.2) is 34.3 Å². The van der Waals surface area contributed by atoms with Gasteiger partial charge in [-0.15, -0.1) is 0 Å². The number of amides is 1. The number of aryl methyl sites for hydroxylation is 2. The molecule has 3 N–H and O–H groups in total. The van der Waals surface area contributed by atoms with Gasteiger partial charge >= 0.3 is 0 Å². The van der Waals surface area contributed by atoms with Crippen LogP contribution < -0.4 is 15.4 Å². The molecule has 0 aliphatic rings. The van der Waals surface area contributed by atoms with E-state index in [0.29, 0.717) is 22.9 Å². The van der Waals surface area contributed by atoms with Crippen molar-refractivity contribution in [3.05, 3.63) is 90.0 Å². The van der Waals surface area contributed by atoms with E-state index >= 15 is 0 Å². The van der Waals surface area contributed by atoms with Crippen molar-refractivity contribution in [3.63, 3.8) is 0 Å². The molecule has 0 aliphatic carbocycles. The number of carbonyl (C=O) groups excluding carboxylic acids is 1. The van der Waals surface area contributed by atoms with Gasteiger partial charge in [-0.05, 0) is 68.4 Å². The van der Waals surface area contributed by atoms with Crippen molar-refractivity contribution in [3.8, 4) is 0 Å². The van der Waals surface area contributed by atoms with E-state index in [-0.39, 0.29) is 16.8 Å². The van der Waals surface area contributed by atoms with Gasteiger partial charge < -0.3 is 10.6 Å². The number of nitrogens with zero attached hydrogens (tertiary/aromatic N) is 4. The van der Waals surface area contributed by atoms with Crippen LogP contribution in [0.15, 0.2) is 78.0 Å². The molecule has 172 valence electrons. The average Bonchev–Trinajstić information content (AvgIpc) is 2.79. The van der Waals surface area contributed by atoms with E-state index in [2.05, 4.69) is 35.3 Å². The van der Waals surface area contributed by atoms with Gasteiger partial charge in [-0.3, -0.25) is 4.79 Å². The predicted octanol–water partition coefficient (Wildman–Crippen LogP) is 3.68. The van der Waals surface area contributed by atoms with Crippen molar-refractivity contribution < 1.29 is 13.2 Å². The second-order valence-corrected chi connectivity index (χ2v) is 9.02. The summed E-state index contributed by atoms with van der Waals surface area (Å²) in [6, 6.07) is 16.1. The molecule has 0 atom stereocenters. The summed E-state index contributed by atoms with van der Waals surface area (Å²) in [6.07, 6.45) is 2.87. The largest absolute Gasteiger partial charge is 0.324 e. The van der Waals surface area contributed by atoms with E-state index in [1.807, 2.05) is 19.9 Å². The maximum absolute atomic E-state index is 12.7. The van der Waals surface area contributed by atoms with Gasteiger partial charge in [0.25, 0.3) is 15.9 Å². The first-order valence-corrected chi connectivity index (χ1v) is 11.7. The topological polar surface area (TPSA) is 139 Å². The summed E-state index contributed by atoms with van der Waals surface area (Å²) in [4.78, 5) is 29.1. The van der Waals surface area contributed by atoms with Crippen LogP contribution in [-0.2, 0) is 10.0 Å². The summed E-state index contributed by atoms with van der Waals surface area (Å²) in [7, 11) is -3.86. The molecule has 2 heterocycles. The molecule has 1 amide bonds. The summed E-state index contributed by atoms with van der Waals surface area (Å²) in [5.41, 5.74) is 3.18. The van der Waals surface area contributed by atoms with Crippen LogP contribution >= 0.6 is 0 Å². The Balaban J connectivity index is 1.44. The molecule has 0 saturated carbocycles. The Morgan fingerprint density at radius 2 is 1.47 bits per heavy atom. The maximum Gasteiger partial charge on any atom is 0.264 e. The second-order valence-electron chi connectivity index (χ2n) is 7.34. The Hall–Kier alpha value is -4.38. The van der Waals surface area contributed by atoms with Gasteiger partial charge in [0, 0.05) is 40.7 Å². The van der Waals surface area contributed by atoms with E-state index in [1.54, 1.807) is 30.3 Å². The smallest absolute Gasteiger partial charge is 0.264 e. The minimum atomic E-state index is -3.86. The SMILES string of the molecule is Cc1cc(C)nc(Nc2cccc(C(=O)Nc3ccc(S(=O)(=O)Nc4ncccn4)cc3)c2)n1. The lowest BCUT2D eigenvalue weighted by Gasteiger charge is -2.10. The fraction of sp³-hybridized carbons (Fsp3) is 0.0870. The normalized spacial score (nSPS) is 11.0. The lowest BCUT2D eigenvalue weighted by Crippen LogP contribution is -2.15. The average molecular weight is 476 g/mol. The molecule has 0 bridgehead atoms. The number of anilines is 4. The van der Waals surface area contributed by atoms with E-state index in [4.69, 9.17) is 0 Å². The van der Waals surface area contributed by atoms with Crippen LogP contribution in [0.25, 0.3) is 0 Å². The maximum atomic E-state index is 12.7. The first-order valence-electron chi connectivity index (χ1n) is 10.2. The van der Waals surface area contributed by atoms with E-state index in [9.17, 15) is 13.2 Å². The van der Waals surface area contributed by atoms with Crippen molar-refractivity contribution in [2.24, 2.45) is 0 Å². The molecule has 0 unspecified atom stereocenters. The number of aromatic nitrogens is 4. The molecule has 0 fully saturated rings. The minimum Gasteiger partial charge on any atom is -0.324 e. The predicted molar refractivity (Wildman–Crippen MR) is 128 cm³/mol. The van der Waals surface area contributed by atoms with E-state index in [0.717, 1.165) is 11.4 Å². The van der Waals surface area contributed by atoms with Crippen LogP contribution in [0.4, 0.5) is 23.3 Å². The molecule has 0 spiro atoms. The van der Waals surface area contributed by atoms with Gasteiger partial charge in [0.15, 0.2) is 0 Å². The Morgan fingerprint density at radius 1 is 0.794 bits per heavy atom. The molecular formula is C23H21N7O3S. The van der Waals surface area contributed by atoms with Crippen molar-refractivity contribution in [2.75, 3.05) is 15.4 Å². The monoisotopic (exact) mass is 475 g/mol. The molecule has 0 saturated heterocycles. The van der Waals surface area contributed by atoms with Gasteiger partial charge in [-0.2, -0.15) is 0 Å². The van der Waals surface area contributed by atoms with Gasteiger partial charge in [0.1, 0.15) is 0 Å². The van der Waals surface area contributed by atoms with Crippen molar-refractivity contribution in [2.45, 2.75) is 18.7 Å². The van der Waals surface area contributed by atoms with Crippen molar-refractivity contribution in [1.29, 1.82) is 0 Å². The third kappa shape index (κ3) is 5.70. The molecular weight excluding hydrogens is 454 g/mol. The Bertz CT molecular complexity index is 1410. The van der Waals surface area contributed by atoms with Crippen molar-refractivity contribution in [1.82, 2.24) is 19.9 Å². The zero-order valence-corrected chi connectivity index (χ0v) is 19.2. The highest BCUT2D eigenvalue weighted by Crippen LogP contribution is 2.19. The second kappa shape index (κ2) is 9.63. The molecule has 0 radical (unpaired) electrons. The fourth-order valence-corrected chi connectivity index (χ4v) is 4.06. The Morgan fingerprint density at radius 3 is 2.15 bits per heavy atom. The quantitative estimate of drug-likeness (QED) is 0.368. The molecule has 10 nitrogen and oxygen atoms in total. The highest BCUT2D eigenvalue weighted by Gasteiger charge is 2.16. The molecule has 11 heteroatoms. The van der Waals surface area contributed by atoms with E-state index in [1.165, 1.54) is 36.7 Å². The van der Waals surface area contributed by atoms with Gasteiger partial charge in [-0.25, -0.2) is 33.1 Å². The van der Waals surface area contributed by atoms with Gasteiger partial charge in [0.2, 0.25) is 11.9 Å². The van der Waals surface area contributed by atoms with Crippen LogP contribution in [0.1, 0.15) is 21.7 Å².